The van der Waals surface area contributed by atoms with Crippen LogP contribution in [-0.2, 0) is 33.3 Å². The summed E-state index contributed by atoms with van der Waals surface area (Å²) in [6.07, 6.45) is 8.18. The number of ether oxygens (including phenoxy) is 5. The van der Waals surface area contributed by atoms with Gasteiger partial charge in [0.2, 0.25) is 11.8 Å². The first-order valence-electron chi connectivity index (χ1n) is 11.2. The highest BCUT2D eigenvalue weighted by atomic mass is 16.6. The van der Waals surface area contributed by atoms with Crippen LogP contribution in [0.3, 0.4) is 0 Å². The molecule has 1 atom stereocenters. The van der Waals surface area contributed by atoms with Crippen LogP contribution in [0.15, 0.2) is 11.6 Å². The van der Waals surface area contributed by atoms with Gasteiger partial charge in [0.25, 0.3) is 0 Å². The third kappa shape index (κ3) is 16.8. The Labute approximate surface area is 185 Å². The van der Waals surface area contributed by atoms with E-state index in [0.29, 0.717) is 59.4 Å². The van der Waals surface area contributed by atoms with Crippen molar-refractivity contribution in [1.82, 2.24) is 5.32 Å². The van der Waals surface area contributed by atoms with E-state index >= 15 is 0 Å². The second kappa shape index (κ2) is 19.2. The van der Waals surface area contributed by atoms with E-state index in [-0.39, 0.29) is 30.9 Å². The number of carbonyl (C=O) groups excluding carboxylic acids is 2. The molecule has 1 rings (SSSR count). The molecule has 31 heavy (non-hydrogen) atoms. The first kappa shape index (κ1) is 27.5. The van der Waals surface area contributed by atoms with E-state index in [9.17, 15) is 9.59 Å². The summed E-state index contributed by atoms with van der Waals surface area (Å²) in [5, 5.41) is 2.80. The molecule has 0 spiro atoms. The number of primary amides is 1. The molecule has 1 unspecified atom stereocenters. The Bertz CT molecular complexity index is 514. The van der Waals surface area contributed by atoms with Gasteiger partial charge in [-0.05, 0) is 31.8 Å². The molecular formula is C22H40N2O7. The molecule has 3 N–H and O–H groups in total. The first-order valence-corrected chi connectivity index (χ1v) is 11.2. The summed E-state index contributed by atoms with van der Waals surface area (Å²) in [5.74, 6) is -0.494. The molecule has 9 heteroatoms. The molecule has 180 valence electrons. The Morgan fingerprint density at radius 1 is 0.935 bits per heavy atom. The van der Waals surface area contributed by atoms with Gasteiger partial charge in [-0.1, -0.05) is 18.9 Å². The van der Waals surface area contributed by atoms with Crippen molar-refractivity contribution in [2.24, 2.45) is 5.73 Å². The monoisotopic (exact) mass is 444 g/mol. The minimum atomic E-state index is -0.374. The van der Waals surface area contributed by atoms with Gasteiger partial charge in [-0.3, -0.25) is 9.59 Å². The topological polar surface area (TPSA) is 118 Å². The number of nitrogens with two attached hydrogens (primary N) is 1. The van der Waals surface area contributed by atoms with Gasteiger partial charge in [0, 0.05) is 13.0 Å². The highest BCUT2D eigenvalue weighted by Gasteiger charge is 2.14. The normalized spacial score (nSPS) is 18.6. The number of carbonyl (C=O) groups is 2. The van der Waals surface area contributed by atoms with Gasteiger partial charge >= 0.3 is 0 Å². The fourth-order valence-electron chi connectivity index (χ4n) is 2.98. The predicted octanol–water partition coefficient (Wildman–Crippen LogP) is 1.34. The Hall–Kier alpha value is -1.52. The van der Waals surface area contributed by atoms with Crippen LogP contribution < -0.4 is 11.1 Å². The van der Waals surface area contributed by atoms with Crippen molar-refractivity contribution in [3.63, 3.8) is 0 Å². The average molecular weight is 445 g/mol. The first-order chi connectivity index (χ1) is 15.1. The lowest BCUT2D eigenvalue weighted by atomic mass is 9.98. The molecule has 0 saturated heterocycles. The van der Waals surface area contributed by atoms with E-state index in [0.717, 1.165) is 19.3 Å². The minimum Gasteiger partial charge on any atom is -0.379 e. The Morgan fingerprint density at radius 2 is 1.55 bits per heavy atom. The summed E-state index contributed by atoms with van der Waals surface area (Å²) >= 11 is 0. The van der Waals surface area contributed by atoms with Gasteiger partial charge < -0.3 is 34.7 Å². The molecule has 0 aromatic carbocycles. The molecule has 0 fully saturated rings. The number of amides is 2. The Morgan fingerprint density at radius 3 is 2.19 bits per heavy atom. The summed E-state index contributed by atoms with van der Waals surface area (Å²) in [6.45, 7) is 6.06. The number of nitrogens with one attached hydrogen (secondary N) is 1. The van der Waals surface area contributed by atoms with Gasteiger partial charge in [0.1, 0.15) is 6.61 Å². The van der Waals surface area contributed by atoms with Crippen molar-refractivity contribution < 1.29 is 33.3 Å². The lowest BCUT2D eigenvalue weighted by molar-refractivity contribution is -0.127. The third-order valence-corrected chi connectivity index (χ3v) is 4.74. The van der Waals surface area contributed by atoms with Crippen molar-refractivity contribution in [3.05, 3.63) is 11.6 Å². The molecule has 0 radical (unpaired) electrons. The average Bonchev–Trinajstić information content (AvgIpc) is 2.73. The summed E-state index contributed by atoms with van der Waals surface area (Å²) < 4.78 is 27.1. The maximum atomic E-state index is 11.9. The fourth-order valence-corrected chi connectivity index (χ4v) is 2.98. The molecule has 0 aromatic rings. The largest absolute Gasteiger partial charge is 0.379 e. The van der Waals surface area contributed by atoms with Crippen LogP contribution in [0.4, 0.5) is 0 Å². The van der Waals surface area contributed by atoms with Gasteiger partial charge in [-0.2, -0.15) is 0 Å². The van der Waals surface area contributed by atoms with Crippen LogP contribution in [0, 0.1) is 0 Å². The molecule has 0 aliphatic heterocycles. The standard InChI is InChI=1S/C22H40N2O7/c1-19-6-4-2-3-5-7-20(19)31-18-22(26)24-9-11-28-13-15-30-17-16-29-14-12-27-10-8-21(23)25/h6,20H,2-5,7-18H2,1H3,(H2,23,25)(H,24,26)/b19-6-. The fraction of sp³-hybridized carbons (Fsp3) is 0.818. The number of hydrogen-bond acceptors (Lipinski definition) is 7. The van der Waals surface area contributed by atoms with E-state index in [1.807, 2.05) is 0 Å². The highest BCUT2D eigenvalue weighted by Crippen LogP contribution is 2.19. The van der Waals surface area contributed by atoms with Crippen molar-refractivity contribution in [3.8, 4) is 0 Å². The second-order valence-corrected chi connectivity index (χ2v) is 7.40. The van der Waals surface area contributed by atoms with E-state index in [4.69, 9.17) is 29.4 Å². The van der Waals surface area contributed by atoms with Gasteiger partial charge in [0.05, 0.1) is 59.0 Å². The van der Waals surface area contributed by atoms with Crippen LogP contribution >= 0.6 is 0 Å². The minimum absolute atomic E-state index is 0.0535. The van der Waals surface area contributed by atoms with Crippen molar-refractivity contribution >= 4 is 11.8 Å². The van der Waals surface area contributed by atoms with Crippen LogP contribution in [0.5, 0.6) is 0 Å². The maximum Gasteiger partial charge on any atom is 0.246 e. The number of hydrogen-bond donors (Lipinski definition) is 2. The summed E-state index contributed by atoms with van der Waals surface area (Å²) in [7, 11) is 0. The Kier molecular flexibility index (Phi) is 17.0. The molecule has 0 bridgehead atoms. The van der Waals surface area contributed by atoms with Crippen LogP contribution in [-0.4, -0.2) is 83.9 Å². The number of rotatable bonds is 18. The van der Waals surface area contributed by atoms with E-state index < -0.39 is 0 Å². The second-order valence-electron chi connectivity index (χ2n) is 7.40. The van der Waals surface area contributed by atoms with Crippen molar-refractivity contribution in [2.45, 2.75) is 51.6 Å². The SMILES string of the molecule is C/C1=C/CCCCCC1OCC(=O)NCCOCCOCCOCCOCCC(N)=O. The molecule has 1 aliphatic rings. The lowest BCUT2D eigenvalue weighted by Gasteiger charge is -2.20. The Balaban J connectivity index is 1.85. The number of allylic oxidation sites excluding steroid dienone is 1. The zero-order chi connectivity index (χ0) is 22.6. The molecular weight excluding hydrogens is 404 g/mol. The van der Waals surface area contributed by atoms with Gasteiger partial charge in [-0.15, -0.1) is 0 Å². The molecule has 1 aliphatic carbocycles. The smallest absolute Gasteiger partial charge is 0.246 e. The summed E-state index contributed by atoms with van der Waals surface area (Å²) in [6, 6.07) is 0. The zero-order valence-corrected chi connectivity index (χ0v) is 18.9. The molecule has 2 amide bonds. The maximum absolute atomic E-state index is 11.9. The van der Waals surface area contributed by atoms with Crippen LogP contribution in [0.1, 0.15) is 45.4 Å². The van der Waals surface area contributed by atoms with E-state index in [1.54, 1.807) is 0 Å². The van der Waals surface area contributed by atoms with Crippen molar-refractivity contribution in [2.75, 3.05) is 66.0 Å². The lowest BCUT2D eigenvalue weighted by Crippen LogP contribution is -2.32. The summed E-state index contributed by atoms with van der Waals surface area (Å²) in [5.41, 5.74) is 6.23. The third-order valence-electron chi connectivity index (χ3n) is 4.74. The summed E-state index contributed by atoms with van der Waals surface area (Å²) in [4.78, 5) is 22.4. The van der Waals surface area contributed by atoms with E-state index in [1.165, 1.54) is 18.4 Å². The molecule has 0 aromatic heterocycles. The van der Waals surface area contributed by atoms with Crippen molar-refractivity contribution in [1.29, 1.82) is 0 Å². The predicted molar refractivity (Wildman–Crippen MR) is 117 cm³/mol. The van der Waals surface area contributed by atoms with E-state index in [2.05, 4.69) is 18.3 Å². The van der Waals surface area contributed by atoms with Crippen LogP contribution in [0.25, 0.3) is 0 Å². The van der Waals surface area contributed by atoms with Gasteiger partial charge in [0.15, 0.2) is 0 Å². The van der Waals surface area contributed by atoms with Crippen LogP contribution in [0.2, 0.25) is 0 Å². The van der Waals surface area contributed by atoms with Gasteiger partial charge in [-0.25, -0.2) is 0 Å². The molecule has 0 heterocycles. The quantitative estimate of drug-likeness (QED) is 0.242. The molecule has 9 nitrogen and oxygen atoms in total. The zero-order valence-electron chi connectivity index (χ0n) is 18.9. The highest BCUT2D eigenvalue weighted by molar-refractivity contribution is 5.77. The molecule has 0 saturated carbocycles.